The number of benzene rings is 2. The van der Waals surface area contributed by atoms with E-state index in [2.05, 4.69) is 48.6 Å². The average molecular weight is 285 g/mol. The standard InChI is InChI=1S/C18H23NO2/c1-15-6-8-16(9-7-15)13-19-14-17-4-3-5-18(12-17)21-11-10-20-2/h3-9,12,19H,10-11,13-14H2,1-2H3. The van der Waals surface area contributed by atoms with E-state index >= 15 is 0 Å². The Morgan fingerprint density at radius 1 is 0.905 bits per heavy atom. The summed E-state index contributed by atoms with van der Waals surface area (Å²) >= 11 is 0. The van der Waals surface area contributed by atoms with Crippen molar-refractivity contribution in [2.45, 2.75) is 20.0 Å². The quantitative estimate of drug-likeness (QED) is 0.755. The van der Waals surface area contributed by atoms with Gasteiger partial charge in [-0.2, -0.15) is 0 Å². The number of ether oxygens (including phenoxy) is 2. The highest BCUT2D eigenvalue weighted by Gasteiger charge is 1.98. The Morgan fingerprint density at radius 2 is 1.67 bits per heavy atom. The van der Waals surface area contributed by atoms with Crippen molar-refractivity contribution in [2.75, 3.05) is 20.3 Å². The van der Waals surface area contributed by atoms with Gasteiger partial charge in [0.2, 0.25) is 0 Å². The molecule has 2 aromatic carbocycles. The van der Waals surface area contributed by atoms with Crippen molar-refractivity contribution in [1.82, 2.24) is 5.32 Å². The molecular formula is C18H23NO2. The molecule has 0 aliphatic heterocycles. The average Bonchev–Trinajstić information content (AvgIpc) is 2.50. The zero-order valence-electron chi connectivity index (χ0n) is 12.8. The monoisotopic (exact) mass is 285 g/mol. The molecule has 0 saturated heterocycles. The van der Waals surface area contributed by atoms with Crippen LogP contribution < -0.4 is 10.1 Å². The number of aryl methyl sites for hydroxylation is 1. The second-order valence-corrected chi connectivity index (χ2v) is 5.08. The highest BCUT2D eigenvalue weighted by Crippen LogP contribution is 2.13. The second kappa shape index (κ2) is 8.45. The van der Waals surface area contributed by atoms with Gasteiger partial charge in [0, 0.05) is 20.2 Å². The maximum atomic E-state index is 5.61. The van der Waals surface area contributed by atoms with Gasteiger partial charge in [-0.05, 0) is 30.2 Å². The molecule has 0 saturated carbocycles. The molecule has 0 radical (unpaired) electrons. The van der Waals surface area contributed by atoms with Crippen LogP contribution >= 0.6 is 0 Å². The summed E-state index contributed by atoms with van der Waals surface area (Å²) in [7, 11) is 1.68. The first kappa shape index (κ1) is 15.5. The molecule has 0 atom stereocenters. The minimum atomic E-state index is 0.580. The van der Waals surface area contributed by atoms with Crippen molar-refractivity contribution >= 4 is 0 Å². The Labute approximate surface area is 126 Å². The fourth-order valence-electron chi connectivity index (χ4n) is 2.05. The molecule has 0 aliphatic rings. The third-order valence-corrected chi connectivity index (χ3v) is 3.23. The first-order valence-electron chi connectivity index (χ1n) is 7.25. The second-order valence-electron chi connectivity index (χ2n) is 5.08. The Morgan fingerprint density at radius 3 is 2.43 bits per heavy atom. The molecule has 3 heteroatoms. The lowest BCUT2D eigenvalue weighted by molar-refractivity contribution is 0.146. The van der Waals surface area contributed by atoms with E-state index in [1.54, 1.807) is 7.11 Å². The van der Waals surface area contributed by atoms with Gasteiger partial charge in [0.05, 0.1) is 6.61 Å². The topological polar surface area (TPSA) is 30.5 Å². The fraction of sp³-hybridized carbons (Fsp3) is 0.333. The molecule has 1 N–H and O–H groups in total. The molecule has 2 aromatic rings. The lowest BCUT2D eigenvalue weighted by Gasteiger charge is -2.09. The van der Waals surface area contributed by atoms with E-state index in [0.29, 0.717) is 13.2 Å². The van der Waals surface area contributed by atoms with Crippen molar-refractivity contribution < 1.29 is 9.47 Å². The Balaban J connectivity index is 1.79. The van der Waals surface area contributed by atoms with E-state index in [9.17, 15) is 0 Å². The van der Waals surface area contributed by atoms with Crippen molar-refractivity contribution in [3.05, 3.63) is 65.2 Å². The highest BCUT2D eigenvalue weighted by atomic mass is 16.5. The summed E-state index contributed by atoms with van der Waals surface area (Å²) in [5.41, 5.74) is 3.81. The lowest BCUT2D eigenvalue weighted by Crippen LogP contribution is -2.12. The van der Waals surface area contributed by atoms with Crippen molar-refractivity contribution in [3.63, 3.8) is 0 Å². The van der Waals surface area contributed by atoms with Crippen LogP contribution in [0.25, 0.3) is 0 Å². The van der Waals surface area contributed by atoms with Gasteiger partial charge >= 0.3 is 0 Å². The van der Waals surface area contributed by atoms with Gasteiger partial charge in [-0.25, -0.2) is 0 Å². The lowest BCUT2D eigenvalue weighted by atomic mass is 10.1. The number of nitrogens with one attached hydrogen (secondary N) is 1. The maximum absolute atomic E-state index is 5.61. The fourth-order valence-corrected chi connectivity index (χ4v) is 2.05. The van der Waals surface area contributed by atoms with E-state index in [4.69, 9.17) is 9.47 Å². The molecule has 0 spiro atoms. The summed E-state index contributed by atoms with van der Waals surface area (Å²) in [6, 6.07) is 16.8. The summed E-state index contributed by atoms with van der Waals surface area (Å²) in [5, 5.41) is 3.45. The van der Waals surface area contributed by atoms with Gasteiger partial charge < -0.3 is 14.8 Å². The van der Waals surface area contributed by atoms with E-state index in [0.717, 1.165) is 18.8 Å². The molecule has 2 rings (SSSR count). The van der Waals surface area contributed by atoms with E-state index in [-0.39, 0.29) is 0 Å². The minimum Gasteiger partial charge on any atom is -0.491 e. The smallest absolute Gasteiger partial charge is 0.119 e. The molecule has 3 nitrogen and oxygen atoms in total. The maximum Gasteiger partial charge on any atom is 0.119 e. The molecule has 0 bridgehead atoms. The molecule has 0 unspecified atom stereocenters. The van der Waals surface area contributed by atoms with Gasteiger partial charge in [0.25, 0.3) is 0 Å². The van der Waals surface area contributed by atoms with Crippen LogP contribution in [0.5, 0.6) is 5.75 Å². The highest BCUT2D eigenvalue weighted by molar-refractivity contribution is 5.28. The summed E-state index contributed by atoms with van der Waals surface area (Å²) < 4.78 is 10.6. The summed E-state index contributed by atoms with van der Waals surface area (Å²) in [5.74, 6) is 0.890. The Hall–Kier alpha value is -1.84. The predicted molar refractivity (Wildman–Crippen MR) is 85.5 cm³/mol. The zero-order chi connectivity index (χ0) is 14.9. The van der Waals surface area contributed by atoms with Gasteiger partial charge in [-0.3, -0.25) is 0 Å². The number of hydrogen-bond acceptors (Lipinski definition) is 3. The number of hydrogen-bond donors (Lipinski definition) is 1. The van der Waals surface area contributed by atoms with Crippen LogP contribution in [0.15, 0.2) is 48.5 Å². The molecule has 0 heterocycles. The van der Waals surface area contributed by atoms with Crippen molar-refractivity contribution in [1.29, 1.82) is 0 Å². The molecule has 0 fully saturated rings. The van der Waals surface area contributed by atoms with Crippen molar-refractivity contribution in [3.8, 4) is 5.75 Å². The van der Waals surface area contributed by atoms with Crippen LogP contribution in [0.1, 0.15) is 16.7 Å². The zero-order valence-corrected chi connectivity index (χ0v) is 12.8. The predicted octanol–water partition coefficient (Wildman–Crippen LogP) is 3.31. The first-order valence-corrected chi connectivity index (χ1v) is 7.25. The van der Waals surface area contributed by atoms with Gasteiger partial charge in [0.15, 0.2) is 0 Å². The number of methoxy groups -OCH3 is 1. The first-order chi connectivity index (χ1) is 10.3. The summed E-state index contributed by atoms with van der Waals surface area (Å²) in [6.45, 7) is 4.99. The van der Waals surface area contributed by atoms with E-state index in [1.165, 1.54) is 16.7 Å². The largest absolute Gasteiger partial charge is 0.491 e. The van der Waals surface area contributed by atoms with E-state index in [1.807, 2.05) is 12.1 Å². The minimum absolute atomic E-state index is 0.580. The van der Waals surface area contributed by atoms with Crippen LogP contribution in [0.2, 0.25) is 0 Å². The van der Waals surface area contributed by atoms with Gasteiger partial charge in [0.1, 0.15) is 12.4 Å². The van der Waals surface area contributed by atoms with E-state index < -0.39 is 0 Å². The molecule has 0 aromatic heterocycles. The van der Waals surface area contributed by atoms with Crippen molar-refractivity contribution in [2.24, 2.45) is 0 Å². The third kappa shape index (κ3) is 5.58. The normalized spacial score (nSPS) is 10.6. The third-order valence-electron chi connectivity index (χ3n) is 3.23. The van der Waals surface area contributed by atoms with Crippen LogP contribution in [0.4, 0.5) is 0 Å². The molecule has 0 amide bonds. The SMILES string of the molecule is COCCOc1cccc(CNCc2ccc(C)cc2)c1. The Bertz CT molecular complexity index is 537. The van der Waals surface area contributed by atoms with Crippen LogP contribution in [0, 0.1) is 6.92 Å². The molecule has 0 aliphatic carbocycles. The number of rotatable bonds is 8. The van der Waals surface area contributed by atoms with Crippen LogP contribution in [-0.4, -0.2) is 20.3 Å². The molecule has 21 heavy (non-hydrogen) atoms. The molecular weight excluding hydrogens is 262 g/mol. The van der Waals surface area contributed by atoms with Gasteiger partial charge in [-0.15, -0.1) is 0 Å². The summed E-state index contributed by atoms with van der Waals surface area (Å²) in [6.07, 6.45) is 0. The molecule has 112 valence electrons. The summed E-state index contributed by atoms with van der Waals surface area (Å²) in [4.78, 5) is 0. The van der Waals surface area contributed by atoms with Gasteiger partial charge in [-0.1, -0.05) is 42.0 Å². The Kier molecular flexibility index (Phi) is 6.25. The van der Waals surface area contributed by atoms with Crippen LogP contribution in [0.3, 0.4) is 0 Å². The van der Waals surface area contributed by atoms with Crippen LogP contribution in [-0.2, 0) is 17.8 Å².